The Balaban J connectivity index is 0.00000320. The first-order valence-electron chi connectivity index (χ1n) is 10.8. The number of nitrogens with one attached hydrogen (secondary N) is 1. The molecule has 7 heteroatoms. The topological polar surface area (TPSA) is 54.7 Å². The van der Waals surface area contributed by atoms with E-state index >= 15 is 0 Å². The summed E-state index contributed by atoms with van der Waals surface area (Å²) >= 11 is 0. The van der Waals surface area contributed by atoms with Crippen LogP contribution >= 0.6 is 24.0 Å². The minimum absolute atomic E-state index is 0. The summed E-state index contributed by atoms with van der Waals surface area (Å²) in [6.45, 7) is 10.6. The van der Waals surface area contributed by atoms with Gasteiger partial charge in [0.2, 0.25) is 0 Å². The molecule has 30 heavy (non-hydrogen) atoms. The first-order chi connectivity index (χ1) is 14.1. The van der Waals surface area contributed by atoms with Gasteiger partial charge >= 0.3 is 0 Å². The van der Waals surface area contributed by atoms with Gasteiger partial charge in [-0.2, -0.15) is 5.10 Å². The van der Waals surface area contributed by atoms with Crippen LogP contribution in [0, 0.1) is 19.8 Å². The molecule has 1 aliphatic heterocycles. The van der Waals surface area contributed by atoms with Gasteiger partial charge in [0.15, 0.2) is 5.96 Å². The number of rotatable bonds is 7. The Labute approximate surface area is 198 Å². The van der Waals surface area contributed by atoms with Crippen LogP contribution in [0.3, 0.4) is 0 Å². The van der Waals surface area contributed by atoms with E-state index in [9.17, 15) is 0 Å². The zero-order valence-corrected chi connectivity index (χ0v) is 21.1. The Kier molecular flexibility index (Phi) is 10.1. The molecule has 1 saturated heterocycles. The second-order valence-corrected chi connectivity index (χ2v) is 7.83. The number of nitrogens with zero attached hydrogens (tertiary/aromatic N) is 4. The number of ether oxygens (including phenoxy) is 1. The smallest absolute Gasteiger partial charge is 0.193 e. The first kappa shape index (κ1) is 24.7. The highest BCUT2D eigenvalue weighted by Gasteiger charge is 2.16. The predicted octanol–water partition coefficient (Wildman–Crippen LogP) is 4.32. The highest BCUT2D eigenvalue weighted by atomic mass is 127. The van der Waals surface area contributed by atoms with Crippen molar-refractivity contribution >= 4 is 29.9 Å². The lowest BCUT2D eigenvalue weighted by Crippen LogP contribution is -2.40. The quantitative estimate of drug-likeness (QED) is 0.333. The van der Waals surface area contributed by atoms with Crippen LogP contribution in [0.1, 0.15) is 43.1 Å². The van der Waals surface area contributed by atoms with E-state index < -0.39 is 0 Å². The van der Waals surface area contributed by atoms with E-state index in [1.165, 1.54) is 24.8 Å². The Morgan fingerprint density at radius 2 is 1.93 bits per heavy atom. The average Bonchev–Trinajstić information content (AvgIpc) is 3.04. The molecule has 0 atom stereocenters. The summed E-state index contributed by atoms with van der Waals surface area (Å²) in [6.07, 6.45) is 3.55. The normalized spacial score (nSPS) is 15.0. The molecule has 0 aliphatic carbocycles. The van der Waals surface area contributed by atoms with Crippen molar-refractivity contribution in [3.8, 4) is 5.69 Å². The Morgan fingerprint density at radius 3 is 2.60 bits per heavy atom. The molecule has 6 nitrogen and oxygen atoms in total. The van der Waals surface area contributed by atoms with Crippen molar-refractivity contribution in [2.75, 3.05) is 33.4 Å². The third-order valence-corrected chi connectivity index (χ3v) is 5.74. The number of para-hydroxylation sites is 1. The maximum Gasteiger partial charge on any atom is 0.193 e. The van der Waals surface area contributed by atoms with Crippen LogP contribution in [-0.2, 0) is 11.3 Å². The number of aliphatic imine (C=N–C) groups is 1. The van der Waals surface area contributed by atoms with Gasteiger partial charge in [-0.05, 0) is 58.1 Å². The molecule has 0 saturated carbocycles. The monoisotopic (exact) mass is 525 g/mol. The molecular weight excluding hydrogens is 489 g/mol. The fourth-order valence-electron chi connectivity index (χ4n) is 3.87. The van der Waals surface area contributed by atoms with Gasteiger partial charge in [0.25, 0.3) is 0 Å². The number of hydrogen-bond acceptors (Lipinski definition) is 3. The molecule has 1 fully saturated rings. The molecule has 1 N–H and O–H groups in total. The molecule has 1 aromatic heterocycles. The van der Waals surface area contributed by atoms with Gasteiger partial charge in [-0.25, -0.2) is 9.67 Å². The van der Waals surface area contributed by atoms with E-state index in [0.717, 1.165) is 55.3 Å². The zero-order chi connectivity index (χ0) is 20.6. The van der Waals surface area contributed by atoms with Crippen molar-refractivity contribution in [3.05, 3.63) is 47.3 Å². The highest BCUT2D eigenvalue weighted by molar-refractivity contribution is 14.0. The van der Waals surface area contributed by atoms with E-state index in [-0.39, 0.29) is 24.0 Å². The lowest BCUT2D eigenvalue weighted by Gasteiger charge is -2.26. The van der Waals surface area contributed by atoms with Crippen molar-refractivity contribution < 1.29 is 4.74 Å². The summed E-state index contributed by atoms with van der Waals surface area (Å²) in [5.41, 5.74) is 4.47. The fourth-order valence-corrected chi connectivity index (χ4v) is 3.87. The van der Waals surface area contributed by atoms with Gasteiger partial charge in [-0.1, -0.05) is 18.2 Å². The molecule has 0 spiro atoms. The standard InChI is InChI=1S/C23H35N5O.HI/c1-5-24-23(27(4)14-11-20-12-15-29-16-13-20)25-17-22-18(2)26-28(19(22)3)21-9-7-6-8-10-21;/h6-10,20H,5,11-17H2,1-4H3,(H,24,25);1H. The van der Waals surface area contributed by atoms with Crippen molar-refractivity contribution in [1.82, 2.24) is 20.0 Å². The highest BCUT2D eigenvalue weighted by Crippen LogP contribution is 2.20. The minimum Gasteiger partial charge on any atom is -0.381 e. The van der Waals surface area contributed by atoms with Crippen molar-refractivity contribution in [1.29, 1.82) is 0 Å². The number of hydrogen-bond donors (Lipinski definition) is 1. The summed E-state index contributed by atoms with van der Waals surface area (Å²) in [5.74, 6) is 1.73. The maximum atomic E-state index is 5.48. The third kappa shape index (κ3) is 6.44. The van der Waals surface area contributed by atoms with Crippen LogP contribution in [0.15, 0.2) is 35.3 Å². The van der Waals surface area contributed by atoms with Crippen LogP contribution in [0.4, 0.5) is 0 Å². The maximum absolute atomic E-state index is 5.48. The van der Waals surface area contributed by atoms with E-state index in [4.69, 9.17) is 14.8 Å². The van der Waals surface area contributed by atoms with Crippen LogP contribution in [0.25, 0.3) is 5.69 Å². The molecule has 3 rings (SSSR count). The summed E-state index contributed by atoms with van der Waals surface area (Å²) in [7, 11) is 2.13. The second-order valence-electron chi connectivity index (χ2n) is 7.83. The molecular formula is C23H36IN5O. The molecule has 166 valence electrons. The molecule has 2 aromatic rings. The largest absolute Gasteiger partial charge is 0.381 e. The Hall–Kier alpha value is -1.61. The first-order valence-corrected chi connectivity index (χ1v) is 10.8. The van der Waals surface area contributed by atoms with Crippen molar-refractivity contribution in [3.63, 3.8) is 0 Å². The number of guanidine groups is 1. The third-order valence-electron chi connectivity index (χ3n) is 5.74. The summed E-state index contributed by atoms with van der Waals surface area (Å²) in [4.78, 5) is 7.18. The molecule has 1 aliphatic rings. The van der Waals surface area contributed by atoms with Crippen LogP contribution in [0.2, 0.25) is 0 Å². The van der Waals surface area contributed by atoms with Crippen molar-refractivity contribution in [2.24, 2.45) is 10.9 Å². The van der Waals surface area contributed by atoms with E-state index in [2.05, 4.69) is 50.2 Å². The lowest BCUT2D eigenvalue weighted by atomic mass is 9.96. The fraction of sp³-hybridized carbons (Fsp3) is 0.565. The lowest BCUT2D eigenvalue weighted by molar-refractivity contribution is 0.0625. The summed E-state index contributed by atoms with van der Waals surface area (Å²) < 4.78 is 7.49. The van der Waals surface area contributed by atoms with Gasteiger partial charge in [0.05, 0.1) is 17.9 Å². The number of aromatic nitrogens is 2. The van der Waals surface area contributed by atoms with Crippen LogP contribution in [0.5, 0.6) is 0 Å². The summed E-state index contributed by atoms with van der Waals surface area (Å²) in [6, 6.07) is 10.3. The molecule has 0 radical (unpaired) electrons. The Morgan fingerprint density at radius 1 is 1.23 bits per heavy atom. The number of benzene rings is 1. The molecule has 0 unspecified atom stereocenters. The van der Waals surface area contributed by atoms with Crippen LogP contribution in [-0.4, -0.2) is 54.0 Å². The minimum atomic E-state index is 0. The van der Waals surface area contributed by atoms with Gasteiger partial charge in [0, 0.05) is 44.6 Å². The molecule has 1 aromatic carbocycles. The van der Waals surface area contributed by atoms with E-state index in [1.54, 1.807) is 0 Å². The Bertz CT molecular complexity index is 799. The summed E-state index contributed by atoms with van der Waals surface area (Å²) in [5, 5.41) is 8.19. The predicted molar refractivity (Wildman–Crippen MR) is 134 cm³/mol. The van der Waals surface area contributed by atoms with Gasteiger partial charge in [0.1, 0.15) is 0 Å². The van der Waals surface area contributed by atoms with E-state index in [0.29, 0.717) is 6.54 Å². The van der Waals surface area contributed by atoms with Crippen LogP contribution < -0.4 is 5.32 Å². The number of aryl methyl sites for hydroxylation is 1. The number of halogens is 1. The second kappa shape index (κ2) is 12.3. The molecule has 2 heterocycles. The van der Waals surface area contributed by atoms with E-state index in [1.807, 2.05) is 22.9 Å². The average molecular weight is 525 g/mol. The van der Waals surface area contributed by atoms with Gasteiger partial charge in [-0.15, -0.1) is 24.0 Å². The van der Waals surface area contributed by atoms with Gasteiger partial charge < -0.3 is 15.0 Å². The zero-order valence-electron chi connectivity index (χ0n) is 18.7. The van der Waals surface area contributed by atoms with Crippen molar-refractivity contribution in [2.45, 2.75) is 46.6 Å². The molecule has 0 bridgehead atoms. The van der Waals surface area contributed by atoms with Gasteiger partial charge in [-0.3, -0.25) is 0 Å². The SMILES string of the molecule is CCNC(=NCc1c(C)nn(-c2ccccc2)c1C)N(C)CCC1CCOCC1.I. The molecule has 0 amide bonds.